The van der Waals surface area contributed by atoms with E-state index in [2.05, 4.69) is 22.1 Å². The van der Waals surface area contributed by atoms with E-state index in [0.717, 1.165) is 35.0 Å². The summed E-state index contributed by atoms with van der Waals surface area (Å²) in [5.74, 6) is -0.416. The lowest BCUT2D eigenvalue weighted by molar-refractivity contribution is -0.112. The molecule has 2 aromatic heterocycles. The number of H-pyrrole nitrogens is 1. The molecule has 1 aromatic carbocycles. The number of carbonyl (C=O) groups is 1. The van der Waals surface area contributed by atoms with Gasteiger partial charge in [-0.05, 0) is 54.2 Å². The van der Waals surface area contributed by atoms with Gasteiger partial charge in [-0.2, -0.15) is 0 Å². The van der Waals surface area contributed by atoms with E-state index in [-0.39, 0.29) is 0 Å². The Hall–Kier alpha value is -2.88. The number of hydrogen-bond donors (Lipinski definition) is 2. The second kappa shape index (κ2) is 5.39. The van der Waals surface area contributed by atoms with Gasteiger partial charge in [-0.25, -0.2) is 4.98 Å². The SMILES string of the molecule is NC(=O)/C(=C\c1c[nH]c2ncccc12)c1ccc2c(c1)CCC2. The van der Waals surface area contributed by atoms with Crippen LogP contribution in [-0.2, 0) is 17.6 Å². The Labute approximate surface area is 134 Å². The summed E-state index contributed by atoms with van der Waals surface area (Å²) in [6, 6.07) is 10.1. The number of primary amides is 1. The molecule has 0 aliphatic heterocycles. The van der Waals surface area contributed by atoms with E-state index >= 15 is 0 Å². The summed E-state index contributed by atoms with van der Waals surface area (Å²) in [4.78, 5) is 19.4. The second-order valence-electron chi connectivity index (χ2n) is 5.90. The molecule has 0 saturated heterocycles. The van der Waals surface area contributed by atoms with Crippen molar-refractivity contribution in [1.82, 2.24) is 9.97 Å². The number of rotatable bonds is 3. The Kier molecular flexibility index (Phi) is 3.23. The minimum absolute atomic E-state index is 0.416. The summed E-state index contributed by atoms with van der Waals surface area (Å²) in [7, 11) is 0. The summed E-state index contributed by atoms with van der Waals surface area (Å²) in [6.07, 6.45) is 8.82. The predicted octanol–water partition coefficient (Wildman–Crippen LogP) is 3.08. The second-order valence-corrected chi connectivity index (χ2v) is 5.90. The molecule has 114 valence electrons. The van der Waals surface area contributed by atoms with Crippen molar-refractivity contribution in [2.45, 2.75) is 19.3 Å². The average Bonchev–Trinajstić information content (AvgIpc) is 3.18. The highest BCUT2D eigenvalue weighted by atomic mass is 16.1. The maximum absolute atomic E-state index is 12.0. The van der Waals surface area contributed by atoms with Crippen LogP contribution in [0.25, 0.3) is 22.7 Å². The maximum Gasteiger partial charge on any atom is 0.249 e. The molecule has 0 spiro atoms. The number of carbonyl (C=O) groups excluding carboxylic acids is 1. The van der Waals surface area contributed by atoms with Crippen molar-refractivity contribution < 1.29 is 4.79 Å². The standard InChI is InChI=1S/C19H17N3O/c20-18(23)17(14-7-6-12-3-1-4-13(12)9-14)10-15-11-22-19-16(15)5-2-8-21-19/h2,5-11H,1,3-4H2,(H2,20,23)(H,21,22)/b17-10-. The van der Waals surface area contributed by atoms with Crippen LogP contribution in [0.3, 0.4) is 0 Å². The molecule has 0 radical (unpaired) electrons. The molecule has 0 fully saturated rings. The number of aromatic amines is 1. The summed E-state index contributed by atoms with van der Waals surface area (Å²) in [6.45, 7) is 0. The number of aromatic nitrogens is 2. The van der Waals surface area contributed by atoms with Crippen molar-refractivity contribution in [3.8, 4) is 0 Å². The van der Waals surface area contributed by atoms with E-state index in [1.165, 1.54) is 17.5 Å². The maximum atomic E-state index is 12.0. The highest BCUT2D eigenvalue weighted by Gasteiger charge is 2.15. The van der Waals surface area contributed by atoms with E-state index in [9.17, 15) is 4.79 Å². The quantitative estimate of drug-likeness (QED) is 0.730. The highest BCUT2D eigenvalue weighted by Crippen LogP contribution is 2.28. The van der Waals surface area contributed by atoms with Gasteiger partial charge in [0.2, 0.25) is 5.91 Å². The van der Waals surface area contributed by atoms with E-state index in [4.69, 9.17) is 5.73 Å². The number of pyridine rings is 1. The van der Waals surface area contributed by atoms with Crippen LogP contribution in [0.4, 0.5) is 0 Å². The van der Waals surface area contributed by atoms with Crippen molar-refractivity contribution in [2.75, 3.05) is 0 Å². The average molecular weight is 303 g/mol. The van der Waals surface area contributed by atoms with Gasteiger partial charge in [0.25, 0.3) is 0 Å². The van der Waals surface area contributed by atoms with Crippen LogP contribution >= 0.6 is 0 Å². The predicted molar refractivity (Wildman–Crippen MR) is 91.6 cm³/mol. The Morgan fingerprint density at radius 3 is 2.96 bits per heavy atom. The van der Waals surface area contributed by atoms with Crippen molar-refractivity contribution in [1.29, 1.82) is 0 Å². The fourth-order valence-corrected chi connectivity index (χ4v) is 3.29. The van der Waals surface area contributed by atoms with Crippen LogP contribution in [0.2, 0.25) is 0 Å². The number of nitrogens with one attached hydrogen (secondary N) is 1. The molecule has 1 aliphatic carbocycles. The van der Waals surface area contributed by atoms with Gasteiger partial charge in [0.15, 0.2) is 0 Å². The summed E-state index contributed by atoms with van der Waals surface area (Å²) in [5, 5.41) is 0.979. The zero-order valence-electron chi connectivity index (χ0n) is 12.7. The molecule has 0 unspecified atom stereocenters. The third kappa shape index (κ3) is 2.42. The molecule has 3 N–H and O–H groups in total. The molecule has 0 saturated carbocycles. The lowest BCUT2D eigenvalue weighted by Crippen LogP contribution is -2.13. The third-order valence-electron chi connectivity index (χ3n) is 4.46. The lowest BCUT2D eigenvalue weighted by Gasteiger charge is -2.07. The first-order valence-electron chi connectivity index (χ1n) is 7.78. The number of benzene rings is 1. The summed E-state index contributed by atoms with van der Waals surface area (Å²) in [5.41, 5.74) is 11.5. The molecule has 23 heavy (non-hydrogen) atoms. The van der Waals surface area contributed by atoms with Crippen LogP contribution in [0.15, 0.2) is 42.7 Å². The number of amides is 1. The summed E-state index contributed by atoms with van der Waals surface area (Å²) >= 11 is 0. The topological polar surface area (TPSA) is 71.8 Å². The molecule has 4 heteroatoms. The molecule has 0 bridgehead atoms. The molecular weight excluding hydrogens is 286 g/mol. The molecule has 2 heterocycles. The molecule has 0 atom stereocenters. The van der Waals surface area contributed by atoms with Gasteiger partial charge < -0.3 is 10.7 Å². The molecule has 3 aromatic rings. The normalized spacial score (nSPS) is 14.2. The number of hydrogen-bond acceptors (Lipinski definition) is 2. The van der Waals surface area contributed by atoms with Crippen LogP contribution in [0.5, 0.6) is 0 Å². The number of aryl methyl sites for hydroxylation is 2. The van der Waals surface area contributed by atoms with Gasteiger partial charge in [0, 0.05) is 28.9 Å². The van der Waals surface area contributed by atoms with E-state index in [1.807, 2.05) is 30.5 Å². The van der Waals surface area contributed by atoms with Crippen molar-refractivity contribution in [3.05, 3.63) is 65.0 Å². The van der Waals surface area contributed by atoms with Gasteiger partial charge >= 0.3 is 0 Å². The molecule has 1 amide bonds. The molecule has 4 rings (SSSR count). The van der Waals surface area contributed by atoms with Gasteiger partial charge in [0.05, 0.1) is 0 Å². The minimum atomic E-state index is -0.416. The molecular formula is C19H17N3O. The molecule has 1 aliphatic rings. The van der Waals surface area contributed by atoms with Crippen molar-refractivity contribution in [2.24, 2.45) is 5.73 Å². The van der Waals surface area contributed by atoms with Crippen LogP contribution in [-0.4, -0.2) is 15.9 Å². The fourth-order valence-electron chi connectivity index (χ4n) is 3.29. The van der Waals surface area contributed by atoms with Gasteiger partial charge in [-0.15, -0.1) is 0 Å². The Balaban J connectivity index is 1.83. The highest BCUT2D eigenvalue weighted by molar-refractivity contribution is 6.24. The monoisotopic (exact) mass is 303 g/mol. The van der Waals surface area contributed by atoms with Crippen LogP contribution in [0.1, 0.15) is 28.7 Å². The lowest BCUT2D eigenvalue weighted by atomic mass is 9.98. The van der Waals surface area contributed by atoms with E-state index in [0.29, 0.717) is 5.57 Å². The van der Waals surface area contributed by atoms with Crippen LogP contribution < -0.4 is 5.73 Å². The number of nitrogens with zero attached hydrogens (tertiary/aromatic N) is 1. The van der Waals surface area contributed by atoms with E-state index < -0.39 is 5.91 Å². The first-order valence-corrected chi connectivity index (χ1v) is 7.78. The zero-order chi connectivity index (χ0) is 15.8. The first kappa shape index (κ1) is 13.8. The Morgan fingerprint density at radius 2 is 2.09 bits per heavy atom. The van der Waals surface area contributed by atoms with E-state index in [1.54, 1.807) is 6.20 Å². The Bertz CT molecular complexity index is 937. The molecule has 4 nitrogen and oxygen atoms in total. The summed E-state index contributed by atoms with van der Waals surface area (Å²) < 4.78 is 0. The Morgan fingerprint density at radius 1 is 1.22 bits per heavy atom. The van der Waals surface area contributed by atoms with Crippen molar-refractivity contribution >= 4 is 28.6 Å². The number of nitrogens with two attached hydrogens (primary N) is 1. The smallest absolute Gasteiger partial charge is 0.249 e. The van der Waals surface area contributed by atoms with Crippen LogP contribution in [0, 0.1) is 0 Å². The largest absolute Gasteiger partial charge is 0.366 e. The van der Waals surface area contributed by atoms with Crippen molar-refractivity contribution in [3.63, 3.8) is 0 Å². The van der Waals surface area contributed by atoms with Gasteiger partial charge in [0.1, 0.15) is 5.65 Å². The third-order valence-corrected chi connectivity index (χ3v) is 4.46. The first-order chi connectivity index (χ1) is 11.2. The van der Waals surface area contributed by atoms with Gasteiger partial charge in [-0.3, -0.25) is 4.79 Å². The fraction of sp³-hybridized carbons (Fsp3) is 0.158. The minimum Gasteiger partial charge on any atom is -0.366 e. The number of fused-ring (bicyclic) bond motifs is 2. The zero-order valence-corrected chi connectivity index (χ0v) is 12.7. The van der Waals surface area contributed by atoms with Gasteiger partial charge in [-0.1, -0.05) is 18.2 Å².